The molecule has 0 N–H and O–H groups in total. The van der Waals surface area contributed by atoms with Crippen LogP contribution in [0.5, 0.6) is 5.75 Å². The molecule has 0 radical (unpaired) electrons. The average Bonchev–Trinajstić information content (AvgIpc) is 2.94. The van der Waals surface area contributed by atoms with E-state index in [1.54, 1.807) is 18.2 Å². The third-order valence-electron chi connectivity index (χ3n) is 4.13. The second-order valence-electron chi connectivity index (χ2n) is 6.12. The fourth-order valence-electron chi connectivity index (χ4n) is 2.95. The van der Waals surface area contributed by atoms with E-state index in [-0.39, 0.29) is 5.91 Å². The minimum Gasteiger partial charge on any atom is -0.496 e. The van der Waals surface area contributed by atoms with Crippen LogP contribution in [0, 0.1) is 12.8 Å². The van der Waals surface area contributed by atoms with Crippen molar-refractivity contribution in [1.29, 1.82) is 0 Å². The van der Waals surface area contributed by atoms with Crippen LogP contribution in [0.2, 0.25) is 5.02 Å². The van der Waals surface area contributed by atoms with Crippen molar-refractivity contribution >= 4 is 28.8 Å². The van der Waals surface area contributed by atoms with Gasteiger partial charge in [-0.25, -0.2) is 0 Å². The highest BCUT2D eigenvalue weighted by atomic mass is 35.5. The molecule has 0 bridgehead atoms. The van der Waals surface area contributed by atoms with Crippen LogP contribution in [-0.4, -0.2) is 30.8 Å². The highest BCUT2D eigenvalue weighted by Crippen LogP contribution is 2.23. The van der Waals surface area contributed by atoms with Gasteiger partial charge < -0.3 is 14.0 Å². The average molecular weight is 381 g/mol. The summed E-state index contributed by atoms with van der Waals surface area (Å²) in [5.74, 6) is 0.575. The number of nitrogens with zero attached hydrogens (tertiary/aromatic N) is 2. The Morgan fingerprint density at radius 3 is 3.08 bits per heavy atom. The SMILES string of the molecule is COc1ccc(Cl)cc1C(=O)N=c1sc(C)cn1CC1CCCOC1. The Morgan fingerprint density at radius 1 is 1.52 bits per heavy atom. The quantitative estimate of drug-likeness (QED) is 0.812. The van der Waals surface area contributed by atoms with Crippen LogP contribution in [0.4, 0.5) is 0 Å². The molecule has 3 rings (SSSR count). The summed E-state index contributed by atoms with van der Waals surface area (Å²) >= 11 is 7.52. The fourth-order valence-corrected chi connectivity index (χ4v) is 3.96. The number of hydrogen-bond acceptors (Lipinski definition) is 4. The lowest BCUT2D eigenvalue weighted by molar-refractivity contribution is 0.0480. The summed E-state index contributed by atoms with van der Waals surface area (Å²) in [6, 6.07) is 4.96. The van der Waals surface area contributed by atoms with Gasteiger partial charge in [-0.2, -0.15) is 4.99 Å². The van der Waals surface area contributed by atoms with Crippen molar-refractivity contribution < 1.29 is 14.3 Å². The normalized spacial score (nSPS) is 18.4. The minimum atomic E-state index is -0.352. The summed E-state index contributed by atoms with van der Waals surface area (Å²) in [5, 5.41) is 0.481. The number of benzene rings is 1. The van der Waals surface area contributed by atoms with Crippen LogP contribution in [0.15, 0.2) is 29.4 Å². The van der Waals surface area contributed by atoms with Crippen molar-refractivity contribution in [2.75, 3.05) is 20.3 Å². The maximum atomic E-state index is 12.7. The Morgan fingerprint density at radius 2 is 2.36 bits per heavy atom. The standard InChI is InChI=1S/C18H21ClN2O3S/c1-12-9-21(10-13-4-3-7-24-11-13)18(25-12)20-17(22)15-8-14(19)5-6-16(15)23-2/h5-6,8-9,13H,3-4,7,10-11H2,1-2H3. The maximum Gasteiger partial charge on any atom is 0.283 e. The first-order chi connectivity index (χ1) is 12.1. The first kappa shape index (κ1) is 18.2. The summed E-state index contributed by atoms with van der Waals surface area (Å²) in [5.41, 5.74) is 0.369. The molecule has 1 aromatic heterocycles. The summed E-state index contributed by atoms with van der Waals surface area (Å²) in [4.78, 5) is 18.8. The second-order valence-corrected chi connectivity index (χ2v) is 7.77. The third-order valence-corrected chi connectivity index (χ3v) is 5.31. The number of halogens is 1. The molecular formula is C18H21ClN2O3S. The predicted molar refractivity (Wildman–Crippen MR) is 98.5 cm³/mol. The molecule has 1 atom stereocenters. The van der Waals surface area contributed by atoms with E-state index in [9.17, 15) is 4.79 Å². The van der Waals surface area contributed by atoms with Gasteiger partial charge in [0.05, 0.1) is 19.3 Å². The Hall–Kier alpha value is -1.63. The Balaban J connectivity index is 1.90. The largest absolute Gasteiger partial charge is 0.496 e. The molecule has 1 fully saturated rings. The van der Waals surface area contributed by atoms with E-state index < -0.39 is 0 Å². The monoisotopic (exact) mass is 380 g/mol. The first-order valence-electron chi connectivity index (χ1n) is 8.24. The smallest absolute Gasteiger partial charge is 0.283 e. The summed E-state index contributed by atoms with van der Waals surface area (Å²) in [6.45, 7) is 4.43. The molecule has 2 heterocycles. The number of aromatic nitrogens is 1. The van der Waals surface area contributed by atoms with Gasteiger partial charge in [0.15, 0.2) is 4.80 Å². The molecule has 7 heteroatoms. The Kier molecular flexibility index (Phi) is 5.93. The number of methoxy groups -OCH3 is 1. The van der Waals surface area contributed by atoms with Gasteiger partial charge in [-0.1, -0.05) is 11.6 Å². The van der Waals surface area contributed by atoms with Gasteiger partial charge in [-0.15, -0.1) is 11.3 Å². The molecule has 1 aliphatic rings. The lowest BCUT2D eigenvalue weighted by Crippen LogP contribution is -2.26. The Labute approximate surface area is 155 Å². The van der Waals surface area contributed by atoms with Gasteiger partial charge >= 0.3 is 0 Å². The van der Waals surface area contributed by atoms with E-state index in [0.717, 1.165) is 37.5 Å². The van der Waals surface area contributed by atoms with Gasteiger partial charge in [-0.05, 0) is 38.0 Å². The zero-order chi connectivity index (χ0) is 17.8. The summed E-state index contributed by atoms with van der Waals surface area (Å²) < 4.78 is 12.9. The van der Waals surface area contributed by atoms with Crippen LogP contribution < -0.4 is 9.54 Å². The number of carbonyl (C=O) groups is 1. The van der Waals surface area contributed by atoms with E-state index in [1.807, 2.05) is 17.7 Å². The molecule has 0 aliphatic carbocycles. The molecule has 2 aromatic rings. The lowest BCUT2D eigenvalue weighted by atomic mass is 10.0. The molecule has 1 saturated heterocycles. The van der Waals surface area contributed by atoms with Crippen molar-refractivity contribution in [3.8, 4) is 5.75 Å². The van der Waals surface area contributed by atoms with Crippen molar-refractivity contribution in [1.82, 2.24) is 4.57 Å². The van der Waals surface area contributed by atoms with E-state index in [1.165, 1.54) is 18.4 Å². The zero-order valence-corrected chi connectivity index (χ0v) is 15.9. The molecule has 0 spiro atoms. The van der Waals surface area contributed by atoms with E-state index in [2.05, 4.69) is 4.99 Å². The lowest BCUT2D eigenvalue weighted by Gasteiger charge is -2.22. The highest BCUT2D eigenvalue weighted by molar-refractivity contribution is 7.09. The van der Waals surface area contributed by atoms with Crippen LogP contribution in [0.3, 0.4) is 0 Å². The van der Waals surface area contributed by atoms with Crippen molar-refractivity contribution in [2.45, 2.75) is 26.3 Å². The second kappa shape index (κ2) is 8.17. The van der Waals surface area contributed by atoms with Crippen molar-refractivity contribution in [3.63, 3.8) is 0 Å². The van der Waals surface area contributed by atoms with Gasteiger partial charge in [0.25, 0.3) is 5.91 Å². The molecule has 0 saturated carbocycles. The number of thiazole rings is 1. The summed E-state index contributed by atoms with van der Waals surface area (Å²) in [7, 11) is 1.53. The first-order valence-corrected chi connectivity index (χ1v) is 9.43. The zero-order valence-electron chi connectivity index (χ0n) is 14.3. The van der Waals surface area contributed by atoms with Gasteiger partial charge in [0.1, 0.15) is 5.75 Å². The van der Waals surface area contributed by atoms with Crippen LogP contribution in [0.25, 0.3) is 0 Å². The molecular weight excluding hydrogens is 360 g/mol. The molecule has 134 valence electrons. The topological polar surface area (TPSA) is 52.8 Å². The molecule has 25 heavy (non-hydrogen) atoms. The van der Waals surface area contributed by atoms with Gasteiger partial charge in [0, 0.05) is 35.2 Å². The number of amides is 1. The molecule has 1 amide bonds. The minimum absolute atomic E-state index is 0.352. The predicted octanol–water partition coefficient (Wildman–Crippen LogP) is 3.69. The number of rotatable bonds is 4. The summed E-state index contributed by atoms with van der Waals surface area (Å²) in [6.07, 6.45) is 4.26. The Bertz CT molecular complexity index is 822. The number of aryl methyl sites for hydroxylation is 1. The number of hydrogen-bond donors (Lipinski definition) is 0. The van der Waals surface area contributed by atoms with Gasteiger partial charge in [0.2, 0.25) is 0 Å². The third kappa shape index (κ3) is 4.51. The fraction of sp³-hybridized carbons (Fsp3) is 0.444. The molecule has 1 aromatic carbocycles. The number of carbonyl (C=O) groups excluding carboxylic acids is 1. The van der Waals surface area contributed by atoms with E-state index in [0.29, 0.717) is 27.1 Å². The molecule has 1 unspecified atom stereocenters. The maximum absolute atomic E-state index is 12.7. The van der Waals surface area contributed by atoms with Crippen LogP contribution >= 0.6 is 22.9 Å². The van der Waals surface area contributed by atoms with Crippen LogP contribution in [0.1, 0.15) is 28.1 Å². The van der Waals surface area contributed by atoms with E-state index in [4.69, 9.17) is 21.1 Å². The molecule has 5 nitrogen and oxygen atoms in total. The molecule has 1 aliphatic heterocycles. The van der Waals surface area contributed by atoms with Crippen LogP contribution in [-0.2, 0) is 11.3 Å². The van der Waals surface area contributed by atoms with Crippen molar-refractivity contribution in [3.05, 3.63) is 44.7 Å². The van der Waals surface area contributed by atoms with Crippen molar-refractivity contribution in [2.24, 2.45) is 10.9 Å². The highest BCUT2D eigenvalue weighted by Gasteiger charge is 2.17. The van der Waals surface area contributed by atoms with Gasteiger partial charge in [-0.3, -0.25) is 4.79 Å². The number of ether oxygens (including phenoxy) is 2. The van der Waals surface area contributed by atoms with E-state index >= 15 is 0 Å².